The first-order valence-corrected chi connectivity index (χ1v) is 9.55. The fourth-order valence-corrected chi connectivity index (χ4v) is 3.74. The molecule has 0 saturated carbocycles. The number of nitrogens with zero attached hydrogens (tertiary/aromatic N) is 3. The molecule has 3 aromatic rings. The molecule has 2 aromatic heterocycles. The number of carbonyl (C=O) groups is 1. The predicted octanol–water partition coefficient (Wildman–Crippen LogP) is 2.15. The number of hydrogen-bond donors (Lipinski definition) is 0. The molecule has 0 radical (unpaired) electrons. The minimum absolute atomic E-state index is 0.0604. The quantitative estimate of drug-likeness (QED) is 0.673. The summed E-state index contributed by atoms with van der Waals surface area (Å²) >= 11 is 1.43. The molecule has 1 atom stereocenters. The molecule has 0 bridgehead atoms. The van der Waals surface area contributed by atoms with Crippen molar-refractivity contribution in [1.29, 1.82) is 0 Å². The minimum Gasteiger partial charge on any atom is -0.486 e. The van der Waals surface area contributed by atoms with Gasteiger partial charge < -0.3 is 14.4 Å². The van der Waals surface area contributed by atoms with Crippen LogP contribution in [-0.4, -0.2) is 46.7 Å². The van der Waals surface area contributed by atoms with Crippen LogP contribution in [0.5, 0.6) is 11.5 Å². The molecule has 1 aromatic carbocycles. The number of benzene rings is 1. The molecule has 7 nitrogen and oxygen atoms in total. The number of aromatic nitrogens is 2. The lowest BCUT2D eigenvalue weighted by molar-refractivity contribution is -0.131. The first-order chi connectivity index (χ1) is 13.1. The van der Waals surface area contributed by atoms with Crippen LogP contribution in [0.2, 0.25) is 0 Å². The highest BCUT2D eigenvalue weighted by Crippen LogP contribution is 2.30. The van der Waals surface area contributed by atoms with E-state index in [4.69, 9.17) is 9.47 Å². The Morgan fingerprint density at radius 3 is 3.00 bits per heavy atom. The van der Waals surface area contributed by atoms with Gasteiger partial charge in [-0.05, 0) is 23.6 Å². The number of aryl methyl sites for hydroxylation is 1. The van der Waals surface area contributed by atoms with Gasteiger partial charge in [-0.15, -0.1) is 11.3 Å². The number of amides is 1. The van der Waals surface area contributed by atoms with E-state index in [0.29, 0.717) is 30.8 Å². The molecule has 4 rings (SSSR count). The predicted molar refractivity (Wildman–Crippen MR) is 102 cm³/mol. The standard InChI is InChI=1S/C19H19N3O4S/c1-21(10-13-11-25-15-4-2-3-5-16(15)26-13)17(23)6-8-22-12-20-18-14(19(22)24)7-9-27-18/h2-5,7,9,12-13H,6,8,10-11H2,1H3. The summed E-state index contributed by atoms with van der Waals surface area (Å²) in [5.74, 6) is 1.35. The Bertz CT molecular complexity index is 1030. The van der Waals surface area contributed by atoms with Gasteiger partial charge in [0.1, 0.15) is 11.4 Å². The van der Waals surface area contributed by atoms with Crippen molar-refractivity contribution in [3.05, 3.63) is 52.4 Å². The smallest absolute Gasteiger partial charge is 0.262 e. The highest BCUT2D eigenvalue weighted by molar-refractivity contribution is 7.16. The van der Waals surface area contributed by atoms with E-state index in [-0.39, 0.29) is 24.0 Å². The molecular weight excluding hydrogens is 366 g/mol. The van der Waals surface area contributed by atoms with E-state index in [1.165, 1.54) is 22.2 Å². The van der Waals surface area contributed by atoms with Crippen molar-refractivity contribution in [2.24, 2.45) is 0 Å². The number of carbonyl (C=O) groups excluding carboxylic acids is 1. The normalized spacial score (nSPS) is 15.7. The zero-order chi connectivity index (χ0) is 18.8. The number of hydrogen-bond acceptors (Lipinski definition) is 6. The van der Waals surface area contributed by atoms with Gasteiger partial charge in [-0.3, -0.25) is 14.2 Å². The lowest BCUT2D eigenvalue weighted by Gasteiger charge is -2.29. The van der Waals surface area contributed by atoms with E-state index >= 15 is 0 Å². The van der Waals surface area contributed by atoms with Crippen molar-refractivity contribution in [2.45, 2.75) is 19.1 Å². The van der Waals surface area contributed by atoms with Crippen molar-refractivity contribution in [3.63, 3.8) is 0 Å². The molecule has 1 unspecified atom stereocenters. The summed E-state index contributed by atoms with van der Waals surface area (Å²) in [4.78, 5) is 31.4. The van der Waals surface area contributed by atoms with Gasteiger partial charge in [0.15, 0.2) is 17.6 Å². The van der Waals surface area contributed by atoms with E-state index in [0.717, 1.165) is 10.6 Å². The first-order valence-electron chi connectivity index (χ1n) is 8.67. The zero-order valence-corrected chi connectivity index (χ0v) is 15.6. The Balaban J connectivity index is 1.34. The Morgan fingerprint density at radius 1 is 1.33 bits per heavy atom. The molecule has 1 aliphatic heterocycles. The van der Waals surface area contributed by atoms with Crippen LogP contribution in [0.4, 0.5) is 0 Å². The Morgan fingerprint density at radius 2 is 2.15 bits per heavy atom. The maximum Gasteiger partial charge on any atom is 0.262 e. The molecule has 140 valence electrons. The van der Waals surface area contributed by atoms with Gasteiger partial charge in [0.25, 0.3) is 5.56 Å². The summed E-state index contributed by atoms with van der Waals surface area (Å²) in [6, 6.07) is 9.25. The lowest BCUT2D eigenvalue weighted by atomic mass is 10.2. The SMILES string of the molecule is CN(CC1COc2ccccc2O1)C(=O)CCn1cnc2sccc2c1=O. The van der Waals surface area contributed by atoms with Crippen molar-refractivity contribution in [1.82, 2.24) is 14.5 Å². The fraction of sp³-hybridized carbons (Fsp3) is 0.316. The summed E-state index contributed by atoms with van der Waals surface area (Å²) in [5.41, 5.74) is -0.114. The second-order valence-electron chi connectivity index (χ2n) is 6.40. The second kappa shape index (κ2) is 7.40. The van der Waals surface area contributed by atoms with Gasteiger partial charge in [0.05, 0.1) is 18.3 Å². The summed E-state index contributed by atoms with van der Waals surface area (Å²) in [6.07, 6.45) is 1.50. The average Bonchev–Trinajstić information content (AvgIpc) is 3.17. The maximum absolute atomic E-state index is 12.5. The average molecular weight is 385 g/mol. The van der Waals surface area contributed by atoms with Gasteiger partial charge >= 0.3 is 0 Å². The maximum atomic E-state index is 12.5. The topological polar surface area (TPSA) is 73.7 Å². The van der Waals surface area contributed by atoms with Gasteiger partial charge in [0, 0.05) is 20.0 Å². The monoisotopic (exact) mass is 385 g/mol. The van der Waals surface area contributed by atoms with Crippen molar-refractivity contribution in [3.8, 4) is 11.5 Å². The first kappa shape index (κ1) is 17.5. The largest absolute Gasteiger partial charge is 0.486 e. The van der Waals surface area contributed by atoms with Crippen LogP contribution >= 0.6 is 11.3 Å². The third-order valence-corrected chi connectivity index (χ3v) is 5.31. The van der Waals surface area contributed by atoms with E-state index in [1.807, 2.05) is 29.6 Å². The number of rotatable bonds is 5. The minimum atomic E-state index is -0.222. The summed E-state index contributed by atoms with van der Waals surface area (Å²) < 4.78 is 13.1. The Hall–Kier alpha value is -2.87. The molecule has 3 heterocycles. The van der Waals surface area contributed by atoms with E-state index in [9.17, 15) is 9.59 Å². The molecule has 0 aliphatic carbocycles. The number of para-hydroxylation sites is 2. The highest BCUT2D eigenvalue weighted by atomic mass is 32.1. The third kappa shape index (κ3) is 3.66. The van der Waals surface area contributed by atoms with Gasteiger partial charge in [-0.1, -0.05) is 12.1 Å². The Kier molecular flexibility index (Phi) is 4.81. The van der Waals surface area contributed by atoms with Crippen LogP contribution in [0.15, 0.2) is 46.8 Å². The number of likely N-dealkylation sites (N-methyl/N-ethyl adjacent to an activating group) is 1. The van der Waals surface area contributed by atoms with E-state index in [1.54, 1.807) is 18.0 Å². The van der Waals surface area contributed by atoms with Crippen LogP contribution in [-0.2, 0) is 11.3 Å². The molecule has 0 fully saturated rings. The van der Waals surface area contributed by atoms with E-state index < -0.39 is 0 Å². The molecule has 8 heteroatoms. The van der Waals surface area contributed by atoms with Crippen LogP contribution in [0.1, 0.15) is 6.42 Å². The van der Waals surface area contributed by atoms with Gasteiger partial charge in [0.2, 0.25) is 5.91 Å². The fourth-order valence-electron chi connectivity index (χ4n) is 3.02. The van der Waals surface area contributed by atoms with Gasteiger partial charge in [-0.2, -0.15) is 0 Å². The molecule has 1 amide bonds. The van der Waals surface area contributed by atoms with Crippen LogP contribution in [0.25, 0.3) is 10.2 Å². The number of fused-ring (bicyclic) bond motifs is 2. The molecule has 1 aliphatic rings. The summed E-state index contributed by atoms with van der Waals surface area (Å²) in [7, 11) is 1.73. The zero-order valence-electron chi connectivity index (χ0n) is 14.8. The molecule has 0 N–H and O–H groups in total. The third-order valence-electron chi connectivity index (χ3n) is 4.49. The Labute approximate surface area is 159 Å². The van der Waals surface area contributed by atoms with Gasteiger partial charge in [-0.25, -0.2) is 4.98 Å². The second-order valence-corrected chi connectivity index (χ2v) is 7.30. The molecule has 0 saturated heterocycles. The van der Waals surface area contributed by atoms with Crippen molar-refractivity contribution >= 4 is 27.5 Å². The van der Waals surface area contributed by atoms with E-state index in [2.05, 4.69) is 4.98 Å². The molecular formula is C19H19N3O4S. The number of thiophene rings is 1. The summed E-state index contributed by atoms with van der Waals surface area (Å²) in [6.45, 7) is 1.11. The van der Waals surface area contributed by atoms with Crippen LogP contribution in [0.3, 0.4) is 0 Å². The van der Waals surface area contributed by atoms with Crippen LogP contribution in [0, 0.1) is 0 Å². The van der Waals surface area contributed by atoms with Crippen LogP contribution < -0.4 is 15.0 Å². The highest BCUT2D eigenvalue weighted by Gasteiger charge is 2.23. The summed E-state index contributed by atoms with van der Waals surface area (Å²) in [5, 5.41) is 2.43. The lowest BCUT2D eigenvalue weighted by Crippen LogP contribution is -2.42. The number of ether oxygens (including phenoxy) is 2. The van der Waals surface area contributed by atoms with Crippen molar-refractivity contribution in [2.75, 3.05) is 20.2 Å². The molecule has 0 spiro atoms. The molecule has 27 heavy (non-hydrogen) atoms. The van der Waals surface area contributed by atoms with Crippen molar-refractivity contribution < 1.29 is 14.3 Å².